The summed E-state index contributed by atoms with van der Waals surface area (Å²) in [5.41, 5.74) is 0. The van der Waals surface area contributed by atoms with E-state index in [0.717, 1.165) is 25.9 Å². The summed E-state index contributed by atoms with van der Waals surface area (Å²) < 4.78 is 11.1. The first-order valence-electron chi connectivity index (χ1n) is 5.20. The van der Waals surface area contributed by atoms with E-state index in [-0.39, 0.29) is 0 Å². The Kier molecular flexibility index (Phi) is 4.46. The lowest BCUT2D eigenvalue weighted by molar-refractivity contribution is -0.208. The van der Waals surface area contributed by atoms with E-state index < -0.39 is 5.79 Å². The Hall–Kier alpha value is -0.340. The van der Waals surface area contributed by atoms with Crippen molar-refractivity contribution in [3.05, 3.63) is 12.2 Å². The molecule has 13 heavy (non-hydrogen) atoms. The number of rotatable bonds is 4. The van der Waals surface area contributed by atoms with Gasteiger partial charge < -0.3 is 9.47 Å². The molecule has 1 rings (SSSR count). The van der Waals surface area contributed by atoms with Gasteiger partial charge in [-0.2, -0.15) is 0 Å². The molecule has 1 fully saturated rings. The van der Waals surface area contributed by atoms with E-state index in [4.69, 9.17) is 9.47 Å². The van der Waals surface area contributed by atoms with Crippen LogP contribution in [-0.2, 0) is 9.47 Å². The summed E-state index contributed by atoms with van der Waals surface area (Å²) in [6, 6.07) is 0. The van der Waals surface area contributed by atoms with Gasteiger partial charge in [-0.25, -0.2) is 0 Å². The maximum Gasteiger partial charge on any atom is 0.187 e. The summed E-state index contributed by atoms with van der Waals surface area (Å²) in [5, 5.41) is 0. The zero-order chi connectivity index (χ0) is 9.57. The molecule has 1 aliphatic rings. The van der Waals surface area contributed by atoms with Crippen LogP contribution >= 0.6 is 0 Å². The van der Waals surface area contributed by atoms with Crippen molar-refractivity contribution in [2.45, 2.75) is 44.8 Å². The minimum atomic E-state index is -0.409. The van der Waals surface area contributed by atoms with Crippen molar-refractivity contribution in [3.8, 4) is 0 Å². The summed E-state index contributed by atoms with van der Waals surface area (Å²) in [6.07, 6.45) is 9.87. The monoisotopic (exact) mass is 184 g/mol. The highest BCUT2D eigenvalue weighted by molar-refractivity contribution is 4.97. The Bertz CT molecular complexity index is 157. The zero-order valence-electron chi connectivity index (χ0n) is 8.71. The van der Waals surface area contributed by atoms with Crippen LogP contribution in [0.15, 0.2) is 12.2 Å². The standard InChI is InChI=1S/C11H20O2/c1-3-4-5-8-11(12-2)9-6-7-10-13-11/h5,8H,3-4,6-7,9-10H2,1-2H3/t11-/m1/s1. The van der Waals surface area contributed by atoms with E-state index in [9.17, 15) is 0 Å². The Balaban J connectivity index is 2.47. The van der Waals surface area contributed by atoms with Gasteiger partial charge in [-0.3, -0.25) is 0 Å². The van der Waals surface area contributed by atoms with Crippen molar-refractivity contribution in [1.29, 1.82) is 0 Å². The number of allylic oxidation sites excluding steroid dienone is 1. The van der Waals surface area contributed by atoms with E-state index in [1.54, 1.807) is 7.11 Å². The van der Waals surface area contributed by atoms with E-state index >= 15 is 0 Å². The number of hydrogen-bond acceptors (Lipinski definition) is 2. The third-order valence-electron chi connectivity index (χ3n) is 2.44. The van der Waals surface area contributed by atoms with Crippen molar-refractivity contribution in [2.24, 2.45) is 0 Å². The first-order chi connectivity index (χ1) is 6.33. The molecule has 0 aliphatic carbocycles. The molecule has 0 saturated carbocycles. The Morgan fingerprint density at radius 3 is 2.85 bits per heavy atom. The molecule has 0 aromatic heterocycles. The van der Waals surface area contributed by atoms with Crippen LogP contribution in [0.4, 0.5) is 0 Å². The number of unbranched alkanes of at least 4 members (excludes halogenated alkanes) is 1. The van der Waals surface area contributed by atoms with Crippen molar-refractivity contribution in [2.75, 3.05) is 13.7 Å². The third-order valence-corrected chi connectivity index (χ3v) is 2.44. The Morgan fingerprint density at radius 2 is 2.31 bits per heavy atom. The fourth-order valence-corrected chi connectivity index (χ4v) is 1.58. The molecule has 1 heterocycles. The van der Waals surface area contributed by atoms with Crippen LogP contribution in [-0.4, -0.2) is 19.5 Å². The van der Waals surface area contributed by atoms with Crippen molar-refractivity contribution in [3.63, 3.8) is 0 Å². The molecule has 1 aliphatic heterocycles. The highest BCUT2D eigenvalue weighted by atomic mass is 16.7. The van der Waals surface area contributed by atoms with Gasteiger partial charge in [0.25, 0.3) is 0 Å². The minimum absolute atomic E-state index is 0.409. The van der Waals surface area contributed by atoms with Gasteiger partial charge >= 0.3 is 0 Å². The van der Waals surface area contributed by atoms with Crippen molar-refractivity contribution >= 4 is 0 Å². The zero-order valence-corrected chi connectivity index (χ0v) is 8.71. The molecule has 0 aromatic rings. The predicted molar refractivity (Wildman–Crippen MR) is 53.6 cm³/mol. The fraction of sp³-hybridized carbons (Fsp3) is 0.818. The second-order valence-corrected chi connectivity index (χ2v) is 3.51. The molecule has 1 atom stereocenters. The first kappa shape index (κ1) is 10.7. The summed E-state index contributed by atoms with van der Waals surface area (Å²) in [4.78, 5) is 0. The first-order valence-corrected chi connectivity index (χ1v) is 5.20. The molecule has 0 N–H and O–H groups in total. The van der Waals surface area contributed by atoms with Crippen molar-refractivity contribution < 1.29 is 9.47 Å². The van der Waals surface area contributed by atoms with Gasteiger partial charge in [0.05, 0.1) is 6.61 Å². The molecule has 0 amide bonds. The molecule has 0 radical (unpaired) electrons. The largest absolute Gasteiger partial charge is 0.350 e. The molecule has 0 spiro atoms. The normalized spacial score (nSPS) is 29.7. The Morgan fingerprint density at radius 1 is 1.46 bits per heavy atom. The summed E-state index contributed by atoms with van der Waals surface area (Å²) in [7, 11) is 1.72. The van der Waals surface area contributed by atoms with Crippen LogP contribution < -0.4 is 0 Å². The van der Waals surface area contributed by atoms with E-state index in [2.05, 4.69) is 19.1 Å². The van der Waals surface area contributed by atoms with E-state index in [0.29, 0.717) is 0 Å². The molecule has 0 aromatic carbocycles. The summed E-state index contributed by atoms with van der Waals surface area (Å²) in [6.45, 7) is 3.00. The topological polar surface area (TPSA) is 18.5 Å². The molecule has 1 saturated heterocycles. The van der Waals surface area contributed by atoms with E-state index in [1.165, 1.54) is 12.8 Å². The number of hydrogen-bond donors (Lipinski definition) is 0. The van der Waals surface area contributed by atoms with Gasteiger partial charge in [-0.1, -0.05) is 19.4 Å². The van der Waals surface area contributed by atoms with Gasteiger partial charge in [-0.15, -0.1) is 0 Å². The highest BCUT2D eigenvalue weighted by Crippen LogP contribution is 2.27. The maximum atomic E-state index is 5.65. The molecule has 0 bridgehead atoms. The number of ether oxygens (including phenoxy) is 2. The van der Waals surface area contributed by atoms with Crippen LogP contribution in [0.1, 0.15) is 39.0 Å². The van der Waals surface area contributed by atoms with Crippen LogP contribution in [0, 0.1) is 0 Å². The van der Waals surface area contributed by atoms with Crippen LogP contribution in [0.5, 0.6) is 0 Å². The lowest BCUT2D eigenvalue weighted by Crippen LogP contribution is -2.36. The highest BCUT2D eigenvalue weighted by Gasteiger charge is 2.29. The van der Waals surface area contributed by atoms with Crippen LogP contribution in [0.3, 0.4) is 0 Å². The molecule has 0 unspecified atom stereocenters. The lowest BCUT2D eigenvalue weighted by atomic mass is 10.0. The van der Waals surface area contributed by atoms with Crippen molar-refractivity contribution in [1.82, 2.24) is 0 Å². The predicted octanol–water partition coefficient (Wildman–Crippen LogP) is 2.89. The minimum Gasteiger partial charge on any atom is -0.350 e. The third kappa shape index (κ3) is 3.12. The van der Waals surface area contributed by atoms with Gasteiger partial charge in [-0.05, 0) is 25.3 Å². The van der Waals surface area contributed by atoms with Gasteiger partial charge in [0.2, 0.25) is 0 Å². The SMILES string of the molecule is CCCC=C[C@]1(OC)CCCCO1. The van der Waals surface area contributed by atoms with Gasteiger partial charge in [0, 0.05) is 13.5 Å². The summed E-state index contributed by atoms with van der Waals surface area (Å²) in [5.74, 6) is -0.409. The molecule has 2 nitrogen and oxygen atoms in total. The van der Waals surface area contributed by atoms with Gasteiger partial charge in [0.15, 0.2) is 5.79 Å². The van der Waals surface area contributed by atoms with E-state index in [1.807, 2.05) is 0 Å². The number of methoxy groups -OCH3 is 1. The average molecular weight is 184 g/mol. The fourth-order valence-electron chi connectivity index (χ4n) is 1.58. The molecule has 76 valence electrons. The molecular weight excluding hydrogens is 164 g/mol. The summed E-state index contributed by atoms with van der Waals surface area (Å²) >= 11 is 0. The molecular formula is C11H20O2. The second kappa shape index (κ2) is 5.40. The maximum absolute atomic E-state index is 5.65. The van der Waals surface area contributed by atoms with Gasteiger partial charge in [0.1, 0.15) is 0 Å². The Labute approximate surface area is 80.9 Å². The molecule has 2 heteroatoms. The average Bonchev–Trinajstić information content (AvgIpc) is 2.20. The van der Waals surface area contributed by atoms with Crippen LogP contribution in [0.2, 0.25) is 0 Å². The quantitative estimate of drug-likeness (QED) is 0.625. The van der Waals surface area contributed by atoms with Crippen LogP contribution in [0.25, 0.3) is 0 Å². The smallest absolute Gasteiger partial charge is 0.187 e. The second-order valence-electron chi connectivity index (χ2n) is 3.51. The lowest BCUT2D eigenvalue weighted by Gasteiger charge is -2.33.